The average molecular weight is 404 g/mol. The maximum Gasteiger partial charge on any atom is 0.258 e. The molecule has 0 amide bonds. The summed E-state index contributed by atoms with van der Waals surface area (Å²) in [7, 11) is 0. The van der Waals surface area contributed by atoms with Crippen LogP contribution in [-0.2, 0) is 13.1 Å². The summed E-state index contributed by atoms with van der Waals surface area (Å²) in [6.07, 6.45) is 5.11. The second kappa shape index (κ2) is 7.81. The van der Waals surface area contributed by atoms with E-state index in [2.05, 4.69) is 63.2 Å². The summed E-state index contributed by atoms with van der Waals surface area (Å²) in [5.41, 5.74) is 4.30. The predicted octanol–water partition coefficient (Wildman–Crippen LogP) is 4.25. The number of piperidine rings is 1. The largest absolute Gasteiger partial charge is 0.311 e. The second-order valence-corrected chi connectivity index (χ2v) is 9.01. The molecule has 2 aliphatic heterocycles. The molecule has 3 aromatic rings. The van der Waals surface area contributed by atoms with Crippen LogP contribution in [0.15, 0.2) is 70.5 Å². The van der Waals surface area contributed by atoms with Crippen molar-refractivity contribution in [3.63, 3.8) is 0 Å². The number of hydrogen-bond donors (Lipinski definition) is 0. The molecule has 1 aromatic carbocycles. The van der Waals surface area contributed by atoms with Crippen LogP contribution in [0.3, 0.4) is 0 Å². The number of hydrogen-bond acceptors (Lipinski definition) is 4. The highest BCUT2D eigenvalue weighted by atomic mass is 32.2. The molecule has 0 unspecified atom stereocenters. The van der Waals surface area contributed by atoms with Gasteiger partial charge in [0.1, 0.15) is 0 Å². The molecule has 0 spiro atoms. The molecule has 0 aliphatic carbocycles. The van der Waals surface area contributed by atoms with Crippen molar-refractivity contribution in [1.82, 2.24) is 14.5 Å². The van der Waals surface area contributed by atoms with E-state index in [1.54, 1.807) is 11.8 Å². The van der Waals surface area contributed by atoms with E-state index in [-0.39, 0.29) is 5.56 Å². The molecular weight excluding hydrogens is 378 g/mol. The quantitative estimate of drug-likeness (QED) is 0.611. The first kappa shape index (κ1) is 18.6. The lowest BCUT2D eigenvalue weighted by molar-refractivity contribution is 0.113. The van der Waals surface area contributed by atoms with E-state index in [9.17, 15) is 4.79 Å². The van der Waals surface area contributed by atoms with Gasteiger partial charge >= 0.3 is 0 Å². The normalized spacial score (nSPS) is 21.0. The molecule has 0 N–H and O–H groups in total. The van der Waals surface area contributed by atoms with E-state index >= 15 is 0 Å². The molecule has 148 valence electrons. The Morgan fingerprint density at radius 1 is 1.03 bits per heavy atom. The van der Waals surface area contributed by atoms with Crippen LogP contribution >= 0.6 is 11.8 Å². The van der Waals surface area contributed by atoms with Crippen LogP contribution in [0.2, 0.25) is 0 Å². The van der Waals surface area contributed by atoms with Gasteiger partial charge in [-0.05, 0) is 60.6 Å². The van der Waals surface area contributed by atoms with Crippen molar-refractivity contribution in [2.45, 2.75) is 30.3 Å². The first-order valence-corrected chi connectivity index (χ1v) is 11.4. The third-order valence-corrected chi connectivity index (χ3v) is 6.94. The molecular formula is C24H25N3OS. The fourth-order valence-corrected chi connectivity index (χ4v) is 5.29. The third-order valence-electron chi connectivity index (χ3n) is 6.19. The van der Waals surface area contributed by atoms with Gasteiger partial charge in [0.2, 0.25) is 0 Å². The van der Waals surface area contributed by atoms with Gasteiger partial charge in [-0.25, -0.2) is 0 Å². The Morgan fingerprint density at radius 3 is 2.66 bits per heavy atom. The molecule has 1 saturated heterocycles. The molecule has 29 heavy (non-hydrogen) atoms. The Balaban J connectivity index is 1.42. The minimum absolute atomic E-state index is 0.160. The molecule has 2 atom stereocenters. The van der Waals surface area contributed by atoms with Crippen molar-refractivity contribution >= 4 is 11.8 Å². The van der Waals surface area contributed by atoms with Crippen molar-refractivity contribution in [3.8, 4) is 11.1 Å². The summed E-state index contributed by atoms with van der Waals surface area (Å²) in [5, 5.41) is 0. The standard InChI is InChI=1S/C24H25N3OS/c1-29-21-7-5-18(6-8-21)22-9-10-23-19-12-17(14-27(23)24(22)28)13-26(15-19)16-20-4-2-3-11-25-20/h2-11,17,19H,12-16H2,1H3/t17-,19-/m1/s1. The van der Waals surface area contributed by atoms with Crippen LogP contribution in [-0.4, -0.2) is 33.8 Å². The number of nitrogens with zero attached hydrogens (tertiary/aromatic N) is 3. The van der Waals surface area contributed by atoms with Crippen molar-refractivity contribution in [1.29, 1.82) is 0 Å². The molecule has 5 heteroatoms. The first-order valence-electron chi connectivity index (χ1n) is 10.2. The number of thioether (sulfide) groups is 1. The minimum atomic E-state index is 0.160. The van der Waals surface area contributed by atoms with Crippen molar-refractivity contribution < 1.29 is 0 Å². The molecule has 2 aromatic heterocycles. The van der Waals surface area contributed by atoms with Gasteiger partial charge in [0.15, 0.2) is 0 Å². The average Bonchev–Trinajstić information content (AvgIpc) is 2.75. The molecule has 0 saturated carbocycles. The van der Waals surface area contributed by atoms with E-state index in [0.717, 1.165) is 43.0 Å². The molecule has 2 aliphatic rings. The topological polar surface area (TPSA) is 38.1 Å². The van der Waals surface area contributed by atoms with Gasteiger partial charge in [-0.2, -0.15) is 0 Å². The minimum Gasteiger partial charge on any atom is -0.311 e. The van der Waals surface area contributed by atoms with Crippen LogP contribution in [0.5, 0.6) is 0 Å². The van der Waals surface area contributed by atoms with E-state index in [1.165, 1.54) is 17.0 Å². The Labute approximate surface area is 175 Å². The zero-order chi connectivity index (χ0) is 19.8. The maximum absolute atomic E-state index is 13.3. The van der Waals surface area contributed by atoms with Gasteiger partial charge in [-0.3, -0.25) is 14.7 Å². The summed E-state index contributed by atoms with van der Waals surface area (Å²) < 4.78 is 2.05. The number of pyridine rings is 2. The van der Waals surface area contributed by atoms with Gasteiger partial charge in [0.05, 0.1) is 5.69 Å². The SMILES string of the molecule is CSc1ccc(-c2ccc3n(c2=O)C[C@@H]2C[C@@H]3CN(Cc3ccccn3)C2)cc1. The van der Waals surface area contributed by atoms with Gasteiger partial charge in [-0.1, -0.05) is 18.2 Å². The molecule has 5 rings (SSSR count). The van der Waals surface area contributed by atoms with Crippen LogP contribution < -0.4 is 5.56 Å². The predicted molar refractivity (Wildman–Crippen MR) is 118 cm³/mol. The van der Waals surface area contributed by atoms with Gasteiger partial charge in [0, 0.05) is 54.4 Å². The summed E-state index contributed by atoms with van der Waals surface area (Å²) in [6, 6.07) is 18.6. The van der Waals surface area contributed by atoms with Crippen LogP contribution in [0, 0.1) is 5.92 Å². The highest BCUT2D eigenvalue weighted by Gasteiger charge is 2.35. The van der Waals surface area contributed by atoms with E-state index in [4.69, 9.17) is 0 Å². The fourth-order valence-electron chi connectivity index (χ4n) is 4.89. The molecule has 4 heterocycles. The van der Waals surface area contributed by atoms with Gasteiger partial charge in [0.25, 0.3) is 5.56 Å². The Hall–Kier alpha value is -2.37. The van der Waals surface area contributed by atoms with Gasteiger partial charge in [-0.15, -0.1) is 11.8 Å². The lowest BCUT2D eigenvalue weighted by atomic mass is 9.82. The Bertz CT molecular complexity index is 1060. The number of aromatic nitrogens is 2. The van der Waals surface area contributed by atoms with Crippen molar-refractivity contribution in [3.05, 3.63) is 82.5 Å². The monoisotopic (exact) mass is 403 g/mol. The number of fused-ring (bicyclic) bond motifs is 4. The van der Waals surface area contributed by atoms with Crippen molar-refractivity contribution in [2.75, 3.05) is 19.3 Å². The van der Waals surface area contributed by atoms with E-state index in [1.807, 2.05) is 18.3 Å². The highest BCUT2D eigenvalue weighted by Crippen LogP contribution is 2.36. The molecule has 2 bridgehead atoms. The second-order valence-electron chi connectivity index (χ2n) is 8.13. The van der Waals surface area contributed by atoms with E-state index < -0.39 is 0 Å². The lowest BCUT2D eigenvalue weighted by Gasteiger charge is -2.42. The van der Waals surface area contributed by atoms with E-state index in [0.29, 0.717) is 11.8 Å². The van der Waals surface area contributed by atoms with Crippen LogP contribution in [0.1, 0.15) is 23.7 Å². The maximum atomic E-state index is 13.3. The number of rotatable bonds is 4. The summed E-state index contributed by atoms with van der Waals surface area (Å²) in [5.74, 6) is 0.948. The summed E-state index contributed by atoms with van der Waals surface area (Å²) in [6.45, 7) is 3.73. The molecule has 4 nitrogen and oxygen atoms in total. The Kier molecular flexibility index (Phi) is 5.02. The van der Waals surface area contributed by atoms with Crippen molar-refractivity contribution in [2.24, 2.45) is 5.92 Å². The smallest absolute Gasteiger partial charge is 0.258 e. The summed E-state index contributed by atoms with van der Waals surface area (Å²) in [4.78, 5) is 21.5. The Morgan fingerprint density at radius 2 is 1.90 bits per heavy atom. The number of likely N-dealkylation sites (tertiary alicyclic amines) is 1. The van der Waals surface area contributed by atoms with Crippen LogP contribution in [0.25, 0.3) is 11.1 Å². The third kappa shape index (κ3) is 3.65. The first-order chi connectivity index (χ1) is 14.2. The fraction of sp³-hybridized carbons (Fsp3) is 0.333. The molecule has 0 radical (unpaired) electrons. The van der Waals surface area contributed by atoms with Crippen LogP contribution in [0.4, 0.5) is 0 Å². The number of benzene rings is 1. The zero-order valence-electron chi connectivity index (χ0n) is 16.6. The summed E-state index contributed by atoms with van der Waals surface area (Å²) >= 11 is 1.72. The van der Waals surface area contributed by atoms with Gasteiger partial charge < -0.3 is 4.57 Å². The molecule has 1 fully saturated rings. The lowest BCUT2D eigenvalue weighted by Crippen LogP contribution is -2.47. The zero-order valence-corrected chi connectivity index (χ0v) is 17.4. The highest BCUT2D eigenvalue weighted by molar-refractivity contribution is 7.98.